The second kappa shape index (κ2) is 1.90. The van der Waals surface area contributed by atoms with Gasteiger partial charge in [0.1, 0.15) is 0 Å². The van der Waals surface area contributed by atoms with Gasteiger partial charge in [0.15, 0.2) is 0 Å². The minimum absolute atomic E-state index is 0.708. The summed E-state index contributed by atoms with van der Waals surface area (Å²) in [6.45, 7) is 1.56. The van der Waals surface area contributed by atoms with E-state index in [4.69, 9.17) is 0 Å². The molecule has 0 saturated carbocycles. The van der Waals surface area contributed by atoms with Crippen LogP contribution in [0.5, 0.6) is 0 Å². The Morgan fingerprint density at radius 2 is 2.33 bits per heavy atom. The number of nitrogens with zero attached hydrogens (tertiary/aromatic N) is 2. The van der Waals surface area contributed by atoms with Crippen molar-refractivity contribution < 1.29 is 0 Å². The molecular formula is C4H6N2. The zero-order chi connectivity index (χ0) is 4.24. The van der Waals surface area contributed by atoms with E-state index in [0.717, 1.165) is 13.0 Å². The fourth-order valence-electron chi connectivity index (χ4n) is 0.379. The lowest BCUT2D eigenvalue weighted by atomic mass is 10.3. The molecule has 1 rings (SSSR count). The molecule has 2 radical (unpaired) electrons. The van der Waals surface area contributed by atoms with Crippen LogP contribution in [0.1, 0.15) is 6.42 Å². The minimum Gasteiger partial charge on any atom is -0.194 e. The molecule has 0 saturated heterocycles. The van der Waals surface area contributed by atoms with E-state index in [9.17, 15) is 0 Å². The molecule has 0 bridgehead atoms. The first-order valence-electron chi connectivity index (χ1n) is 2.04. The van der Waals surface area contributed by atoms with Crippen molar-refractivity contribution in [1.29, 1.82) is 0 Å². The normalized spacial score (nSPS) is 21.3. The van der Waals surface area contributed by atoms with Gasteiger partial charge >= 0.3 is 0 Å². The Morgan fingerprint density at radius 1 is 1.33 bits per heavy atom. The van der Waals surface area contributed by atoms with Gasteiger partial charge in [-0.2, -0.15) is 10.2 Å². The van der Waals surface area contributed by atoms with Crippen LogP contribution in [-0.2, 0) is 0 Å². The van der Waals surface area contributed by atoms with E-state index in [1.807, 2.05) is 0 Å². The first-order chi connectivity index (χ1) is 3.00. The van der Waals surface area contributed by atoms with E-state index in [1.165, 1.54) is 0 Å². The molecule has 32 valence electrons. The summed E-state index contributed by atoms with van der Waals surface area (Å²) in [6, 6.07) is 0. The molecule has 6 heavy (non-hydrogen) atoms. The summed E-state index contributed by atoms with van der Waals surface area (Å²) in [6.07, 6.45) is 4.01. The molecule has 1 aliphatic heterocycles. The third-order valence-electron chi connectivity index (χ3n) is 0.671. The van der Waals surface area contributed by atoms with Crippen LogP contribution in [0.15, 0.2) is 10.2 Å². The van der Waals surface area contributed by atoms with Crippen LogP contribution in [0.4, 0.5) is 0 Å². The third-order valence-corrected chi connectivity index (χ3v) is 0.671. The quantitative estimate of drug-likeness (QED) is 0.415. The number of rotatable bonds is 0. The summed E-state index contributed by atoms with van der Waals surface area (Å²) >= 11 is 0. The maximum absolute atomic E-state index is 3.74. The molecule has 0 atom stereocenters. The molecule has 0 aromatic carbocycles. The zero-order valence-corrected chi connectivity index (χ0v) is 3.52. The van der Waals surface area contributed by atoms with Crippen LogP contribution in [-0.4, -0.2) is 13.1 Å². The second-order valence-corrected chi connectivity index (χ2v) is 1.16. The molecule has 0 aliphatic carbocycles. The Balaban J connectivity index is 2.26. The maximum Gasteiger partial charge on any atom is 0.0668 e. The highest BCUT2D eigenvalue weighted by Gasteiger charge is 1.90. The smallest absolute Gasteiger partial charge is 0.0668 e. The van der Waals surface area contributed by atoms with E-state index < -0.39 is 0 Å². The molecular weight excluding hydrogens is 76.1 g/mol. The van der Waals surface area contributed by atoms with Gasteiger partial charge in [-0.1, -0.05) is 0 Å². The molecule has 1 aliphatic rings. The zero-order valence-electron chi connectivity index (χ0n) is 3.52. The topological polar surface area (TPSA) is 24.7 Å². The van der Waals surface area contributed by atoms with Gasteiger partial charge in [0.05, 0.1) is 13.1 Å². The highest BCUT2D eigenvalue weighted by molar-refractivity contribution is 4.70. The molecule has 0 spiro atoms. The van der Waals surface area contributed by atoms with Crippen molar-refractivity contribution in [1.82, 2.24) is 0 Å². The first kappa shape index (κ1) is 3.78. The Labute approximate surface area is 37.3 Å². The van der Waals surface area contributed by atoms with E-state index in [-0.39, 0.29) is 0 Å². The highest BCUT2D eigenvalue weighted by atomic mass is 15.1. The molecule has 2 heteroatoms. The van der Waals surface area contributed by atoms with E-state index >= 15 is 0 Å². The van der Waals surface area contributed by atoms with Crippen molar-refractivity contribution in [3.63, 3.8) is 0 Å². The summed E-state index contributed by atoms with van der Waals surface area (Å²) in [5.41, 5.74) is 0. The van der Waals surface area contributed by atoms with Gasteiger partial charge in [0.25, 0.3) is 0 Å². The molecule has 2 nitrogen and oxygen atoms in total. The molecule has 1 heterocycles. The fourth-order valence-corrected chi connectivity index (χ4v) is 0.379. The molecule has 0 aromatic rings. The average molecular weight is 82.1 g/mol. The highest BCUT2D eigenvalue weighted by Crippen LogP contribution is 1.95. The molecule has 0 amide bonds. The van der Waals surface area contributed by atoms with Gasteiger partial charge in [-0.15, -0.1) is 0 Å². The Bertz CT molecular complexity index is 50.6. The van der Waals surface area contributed by atoms with Crippen LogP contribution < -0.4 is 0 Å². The lowest BCUT2D eigenvalue weighted by Gasteiger charge is -1.95. The van der Waals surface area contributed by atoms with Crippen molar-refractivity contribution in [3.8, 4) is 0 Å². The van der Waals surface area contributed by atoms with Crippen LogP contribution >= 0.6 is 0 Å². The van der Waals surface area contributed by atoms with Crippen molar-refractivity contribution in [3.05, 3.63) is 6.42 Å². The summed E-state index contributed by atoms with van der Waals surface area (Å²) in [7, 11) is 0. The number of hydrogen-bond donors (Lipinski definition) is 0. The lowest BCUT2D eigenvalue weighted by molar-refractivity contribution is 0.763. The predicted molar refractivity (Wildman–Crippen MR) is 22.4 cm³/mol. The summed E-state index contributed by atoms with van der Waals surface area (Å²) < 4.78 is 0. The lowest BCUT2D eigenvalue weighted by Crippen LogP contribution is -1.91. The number of hydrogen-bond acceptors (Lipinski definition) is 2. The van der Waals surface area contributed by atoms with Gasteiger partial charge in [-0.25, -0.2) is 0 Å². The monoisotopic (exact) mass is 82.1 g/mol. The summed E-state index contributed by atoms with van der Waals surface area (Å²) in [4.78, 5) is 0. The minimum atomic E-state index is 0.708. The molecule has 0 N–H and O–H groups in total. The fraction of sp³-hybridized carbons (Fsp3) is 0.750. The van der Waals surface area contributed by atoms with Crippen LogP contribution in [0.25, 0.3) is 0 Å². The summed E-state index contributed by atoms with van der Waals surface area (Å²) in [5.74, 6) is 0. The summed E-state index contributed by atoms with van der Waals surface area (Å²) in [5, 5.41) is 7.43. The molecule has 0 fully saturated rings. The number of azo groups is 1. The SMILES string of the molecule is [C]1CCN=NC1. The van der Waals surface area contributed by atoms with Gasteiger partial charge in [0.2, 0.25) is 0 Å². The van der Waals surface area contributed by atoms with Gasteiger partial charge in [-0.3, -0.25) is 0 Å². The van der Waals surface area contributed by atoms with Crippen molar-refractivity contribution in [2.45, 2.75) is 6.42 Å². The van der Waals surface area contributed by atoms with E-state index in [1.54, 1.807) is 0 Å². The van der Waals surface area contributed by atoms with Gasteiger partial charge in [-0.05, 0) is 6.42 Å². The first-order valence-corrected chi connectivity index (χ1v) is 2.04. The average Bonchev–Trinajstić information content (AvgIpc) is 1.72. The van der Waals surface area contributed by atoms with Crippen LogP contribution in [0, 0.1) is 6.42 Å². The predicted octanol–water partition coefficient (Wildman–Crippen LogP) is 0.924. The Kier molecular flexibility index (Phi) is 1.20. The molecule has 0 unspecified atom stereocenters. The van der Waals surface area contributed by atoms with E-state index in [0.29, 0.717) is 6.54 Å². The maximum atomic E-state index is 3.74. The van der Waals surface area contributed by atoms with Crippen molar-refractivity contribution >= 4 is 0 Å². The van der Waals surface area contributed by atoms with Crippen molar-refractivity contribution in [2.24, 2.45) is 10.2 Å². The van der Waals surface area contributed by atoms with E-state index in [2.05, 4.69) is 16.6 Å². The van der Waals surface area contributed by atoms with Crippen LogP contribution in [0.3, 0.4) is 0 Å². The van der Waals surface area contributed by atoms with Gasteiger partial charge < -0.3 is 0 Å². The van der Waals surface area contributed by atoms with Crippen LogP contribution in [0.2, 0.25) is 0 Å². The van der Waals surface area contributed by atoms with Gasteiger partial charge in [0, 0.05) is 6.42 Å². The Morgan fingerprint density at radius 3 is 2.50 bits per heavy atom. The third kappa shape index (κ3) is 0.776. The van der Waals surface area contributed by atoms with Crippen molar-refractivity contribution in [2.75, 3.05) is 13.1 Å². The standard InChI is InChI=1S/C4H6N2/c1-2-4-6-5-3-1/h1,3-4H2. The molecule has 0 aromatic heterocycles. The Hall–Kier alpha value is -0.400. The largest absolute Gasteiger partial charge is 0.194 e. The second-order valence-electron chi connectivity index (χ2n) is 1.16.